The van der Waals surface area contributed by atoms with Crippen molar-refractivity contribution in [2.24, 2.45) is 0 Å². The topological polar surface area (TPSA) is 140 Å². The molecule has 2 heterocycles. The first-order valence-electron chi connectivity index (χ1n) is 10.6. The van der Waals surface area contributed by atoms with Crippen molar-refractivity contribution in [3.8, 4) is 0 Å². The zero-order valence-electron chi connectivity index (χ0n) is 18.7. The second kappa shape index (κ2) is 11.9. The summed E-state index contributed by atoms with van der Waals surface area (Å²) in [4.78, 5) is 51.8. The number of esters is 2. The van der Waals surface area contributed by atoms with Crippen molar-refractivity contribution in [3.05, 3.63) is 34.9 Å². The molecule has 0 aromatic heterocycles. The molecule has 198 valence electrons. The van der Waals surface area contributed by atoms with Crippen LogP contribution in [0.5, 0.6) is 0 Å². The molecular weight excluding hydrogens is 515 g/mol. The number of hydrogen-bond acceptors (Lipinski definition) is 11. The van der Waals surface area contributed by atoms with Crippen molar-refractivity contribution in [2.45, 2.75) is 12.7 Å². The van der Waals surface area contributed by atoms with E-state index in [-0.39, 0.29) is 24.4 Å². The third kappa shape index (κ3) is 7.30. The van der Waals surface area contributed by atoms with Crippen molar-refractivity contribution < 1.29 is 54.4 Å². The lowest BCUT2D eigenvalue weighted by Gasteiger charge is -2.29. The number of thiol groups is 1. The van der Waals surface area contributed by atoms with Crippen molar-refractivity contribution in [2.75, 3.05) is 52.7 Å². The van der Waals surface area contributed by atoms with Gasteiger partial charge in [-0.3, -0.25) is 28.5 Å². The maximum absolute atomic E-state index is 12.7. The molecule has 3 rings (SSSR count). The minimum absolute atomic E-state index is 0.0857. The van der Waals surface area contributed by atoms with Crippen LogP contribution in [0.2, 0.25) is 0 Å². The molecule has 36 heavy (non-hydrogen) atoms. The average molecular weight is 537 g/mol. The number of ether oxygens (including phenoxy) is 2. The fourth-order valence-corrected chi connectivity index (χ4v) is 3.84. The fraction of sp³-hybridized carbons (Fsp3) is 0.500. The summed E-state index contributed by atoms with van der Waals surface area (Å²) in [6.45, 7) is 2.31. The number of carbonyl (C=O) groups is 4. The molecule has 1 aromatic rings. The summed E-state index contributed by atoms with van der Waals surface area (Å²) in [5.74, 6) is -6.36. The van der Waals surface area contributed by atoms with E-state index in [9.17, 15) is 40.8 Å². The first-order valence-corrected chi connectivity index (χ1v) is 11.7. The molecule has 0 radical (unpaired) electrons. The van der Waals surface area contributed by atoms with E-state index in [2.05, 4.69) is 9.64 Å². The summed E-state index contributed by atoms with van der Waals surface area (Å²) in [7, 11) is -3.10. The number of fused-ring (bicyclic) bond motifs is 1. The maximum Gasteiger partial charge on any atom is 0.491 e. The molecule has 2 aliphatic rings. The van der Waals surface area contributed by atoms with E-state index in [0.29, 0.717) is 49.9 Å². The molecule has 0 aliphatic carbocycles. The number of hydrogen-bond donors (Lipinski definition) is 1. The van der Waals surface area contributed by atoms with Gasteiger partial charge < -0.3 is 9.47 Å². The van der Waals surface area contributed by atoms with Crippen LogP contribution < -0.4 is 0 Å². The van der Waals surface area contributed by atoms with Crippen molar-refractivity contribution >= 4 is 34.7 Å². The standard InChI is InChI=1S/C20H22F3N3O9S/c21-20(22,23)19(30)35-16(27)11-26-17(28)14-2-1-13(9-15(14)18(26)29)10-25(12-34-36(31)32)4-3-24-5-7-33-8-6-24/h1-2,9,36H,3-8,10-12H2. The molecule has 0 spiro atoms. The number of alkyl halides is 3. The highest BCUT2D eigenvalue weighted by Crippen LogP contribution is 2.25. The molecule has 12 nitrogen and oxygen atoms in total. The van der Waals surface area contributed by atoms with Crippen LogP contribution in [-0.2, 0) is 40.8 Å². The van der Waals surface area contributed by atoms with Gasteiger partial charge in [0.15, 0.2) is 0 Å². The average Bonchev–Trinajstić information content (AvgIpc) is 3.05. The van der Waals surface area contributed by atoms with Gasteiger partial charge in [-0.25, -0.2) is 18.0 Å². The number of rotatable bonds is 10. The van der Waals surface area contributed by atoms with E-state index in [0.717, 1.165) is 0 Å². The smallest absolute Gasteiger partial charge is 0.385 e. The summed E-state index contributed by atoms with van der Waals surface area (Å²) in [5, 5.41) is 0. The Kier molecular flexibility index (Phi) is 9.13. The molecule has 2 amide bonds. The van der Waals surface area contributed by atoms with Crippen LogP contribution in [0.1, 0.15) is 26.3 Å². The van der Waals surface area contributed by atoms with Crippen molar-refractivity contribution in [1.82, 2.24) is 14.7 Å². The van der Waals surface area contributed by atoms with Gasteiger partial charge in [0, 0.05) is 32.7 Å². The maximum atomic E-state index is 12.7. The molecule has 1 saturated heterocycles. The Morgan fingerprint density at radius 3 is 2.39 bits per heavy atom. The first kappa shape index (κ1) is 27.7. The largest absolute Gasteiger partial charge is 0.491 e. The van der Waals surface area contributed by atoms with Gasteiger partial charge in [-0.1, -0.05) is 6.07 Å². The molecular formula is C20H22F3N3O9S. The second-order valence-corrected chi connectivity index (χ2v) is 8.53. The van der Waals surface area contributed by atoms with Crippen LogP contribution in [0.15, 0.2) is 18.2 Å². The van der Waals surface area contributed by atoms with Crippen LogP contribution >= 0.6 is 0 Å². The molecule has 0 unspecified atom stereocenters. The van der Waals surface area contributed by atoms with E-state index in [4.69, 9.17) is 8.92 Å². The quantitative estimate of drug-likeness (QED) is 0.136. The number of amides is 2. The monoisotopic (exact) mass is 537 g/mol. The molecule has 2 aliphatic heterocycles. The van der Waals surface area contributed by atoms with E-state index in [1.165, 1.54) is 18.2 Å². The predicted octanol–water partition coefficient (Wildman–Crippen LogP) is -0.451. The van der Waals surface area contributed by atoms with Crippen molar-refractivity contribution in [3.63, 3.8) is 0 Å². The zero-order valence-corrected chi connectivity index (χ0v) is 19.6. The third-order valence-corrected chi connectivity index (χ3v) is 5.67. The van der Waals surface area contributed by atoms with E-state index >= 15 is 0 Å². The highest BCUT2D eigenvalue weighted by Gasteiger charge is 2.44. The van der Waals surface area contributed by atoms with Gasteiger partial charge >= 0.3 is 18.1 Å². The number of imide groups is 1. The van der Waals surface area contributed by atoms with Crippen LogP contribution in [0.3, 0.4) is 0 Å². The van der Waals surface area contributed by atoms with Crippen LogP contribution in [0, 0.1) is 0 Å². The minimum atomic E-state index is -5.41. The molecule has 16 heteroatoms. The van der Waals surface area contributed by atoms with Gasteiger partial charge in [-0.2, -0.15) is 13.2 Å². The van der Waals surface area contributed by atoms with Crippen LogP contribution in [0.4, 0.5) is 13.2 Å². The Bertz CT molecular complexity index is 1100. The lowest BCUT2D eigenvalue weighted by Crippen LogP contribution is -2.41. The van der Waals surface area contributed by atoms with E-state index in [1.807, 2.05) is 0 Å². The van der Waals surface area contributed by atoms with Crippen LogP contribution in [0.25, 0.3) is 0 Å². The van der Waals surface area contributed by atoms with Gasteiger partial charge in [-0.05, 0) is 17.7 Å². The van der Waals surface area contributed by atoms with Gasteiger partial charge in [0.1, 0.15) is 13.3 Å². The molecule has 1 fully saturated rings. The molecule has 0 N–H and O–H groups in total. The lowest BCUT2D eigenvalue weighted by molar-refractivity contribution is -0.201. The summed E-state index contributed by atoms with van der Waals surface area (Å²) in [5.41, 5.74) is 0.326. The normalized spacial score (nSPS) is 16.6. The summed E-state index contributed by atoms with van der Waals surface area (Å²) >= 11 is 0. The van der Waals surface area contributed by atoms with Gasteiger partial charge in [0.25, 0.3) is 22.8 Å². The summed E-state index contributed by atoms with van der Waals surface area (Å²) < 4.78 is 72.2. The Labute approximate surface area is 204 Å². The number of carbonyl (C=O) groups excluding carboxylic acids is 4. The molecule has 1 aromatic carbocycles. The highest BCUT2D eigenvalue weighted by atomic mass is 32.2. The van der Waals surface area contributed by atoms with E-state index in [1.54, 1.807) is 4.90 Å². The molecule has 0 saturated carbocycles. The SMILES string of the molecule is O=C(CN1C(=O)c2ccc(CN(CCN3CCOCC3)CO[SH](=O)=O)cc2C1=O)OC(=O)C(F)(F)F. The fourth-order valence-electron chi connectivity index (χ4n) is 3.59. The Hall–Kier alpha value is -2.92. The molecule has 0 atom stereocenters. The predicted molar refractivity (Wildman–Crippen MR) is 113 cm³/mol. The van der Waals surface area contributed by atoms with E-state index < -0.39 is 47.5 Å². The van der Waals surface area contributed by atoms with Crippen molar-refractivity contribution in [1.29, 1.82) is 0 Å². The number of nitrogens with zero attached hydrogens (tertiary/aromatic N) is 3. The second-order valence-electron chi connectivity index (χ2n) is 7.82. The molecule has 0 bridgehead atoms. The number of morpholine rings is 1. The minimum Gasteiger partial charge on any atom is -0.385 e. The number of benzene rings is 1. The lowest BCUT2D eigenvalue weighted by atomic mass is 10.1. The van der Waals surface area contributed by atoms with Gasteiger partial charge in [0.05, 0.1) is 24.3 Å². The Balaban J connectivity index is 1.67. The number of halogens is 3. The van der Waals surface area contributed by atoms with Gasteiger partial charge in [-0.15, -0.1) is 0 Å². The highest BCUT2D eigenvalue weighted by molar-refractivity contribution is 7.67. The zero-order chi connectivity index (χ0) is 26.5. The summed E-state index contributed by atoms with van der Waals surface area (Å²) in [6, 6.07) is 4.19. The van der Waals surface area contributed by atoms with Gasteiger partial charge in [0.2, 0.25) is 0 Å². The van der Waals surface area contributed by atoms with Crippen LogP contribution in [-0.4, -0.2) is 106 Å². The Morgan fingerprint density at radius 2 is 1.75 bits per heavy atom. The third-order valence-electron chi connectivity index (χ3n) is 5.35. The Morgan fingerprint density at radius 1 is 1.08 bits per heavy atom. The first-order chi connectivity index (χ1) is 17.0. The summed E-state index contributed by atoms with van der Waals surface area (Å²) in [6.07, 6.45) is -5.41.